The van der Waals surface area contributed by atoms with Crippen molar-refractivity contribution in [2.45, 2.75) is 43.9 Å². The monoisotopic (exact) mass is 469 g/mol. The SMILES string of the molecule is C=CC(/C(=N\SCC)C(=O)NC1CC#CCC1(F)F)N1CC(Oc2ccc(F)c(F)c2)C1. The molecule has 1 aliphatic heterocycles. The van der Waals surface area contributed by atoms with Gasteiger partial charge in [-0.15, -0.1) is 12.5 Å². The molecule has 0 aromatic heterocycles. The number of likely N-dealkylation sites (tertiary alicyclic amines) is 1. The van der Waals surface area contributed by atoms with E-state index in [9.17, 15) is 22.4 Å². The highest BCUT2D eigenvalue weighted by molar-refractivity contribution is 7.98. The molecule has 2 aliphatic rings. The molecule has 1 aliphatic carbocycles. The minimum Gasteiger partial charge on any atom is -0.488 e. The predicted molar refractivity (Wildman–Crippen MR) is 116 cm³/mol. The van der Waals surface area contributed by atoms with Crippen LogP contribution in [0.1, 0.15) is 19.8 Å². The number of ether oxygens (including phenoxy) is 1. The maximum Gasteiger partial charge on any atom is 0.279 e. The van der Waals surface area contributed by atoms with Crippen LogP contribution < -0.4 is 10.1 Å². The molecule has 1 fully saturated rings. The molecular formula is C22H23F4N3O2S. The third-order valence-electron chi connectivity index (χ3n) is 5.06. The number of nitrogens with one attached hydrogen (secondary N) is 1. The molecule has 172 valence electrons. The van der Waals surface area contributed by atoms with E-state index in [1.165, 1.54) is 12.1 Å². The summed E-state index contributed by atoms with van der Waals surface area (Å²) < 4.78 is 64.6. The van der Waals surface area contributed by atoms with Gasteiger partial charge in [0.1, 0.15) is 23.6 Å². The summed E-state index contributed by atoms with van der Waals surface area (Å²) in [6.45, 7) is 6.35. The van der Waals surface area contributed by atoms with Crippen LogP contribution in [0.15, 0.2) is 35.3 Å². The van der Waals surface area contributed by atoms with Crippen molar-refractivity contribution in [1.82, 2.24) is 10.2 Å². The largest absolute Gasteiger partial charge is 0.488 e. The van der Waals surface area contributed by atoms with Gasteiger partial charge < -0.3 is 10.1 Å². The zero-order valence-electron chi connectivity index (χ0n) is 17.4. The first kappa shape index (κ1) is 24.1. The molecule has 1 N–H and O–H groups in total. The van der Waals surface area contributed by atoms with Crippen LogP contribution in [-0.2, 0) is 4.79 Å². The van der Waals surface area contributed by atoms with Gasteiger partial charge >= 0.3 is 0 Å². The molecule has 1 amide bonds. The number of hydrogen-bond donors (Lipinski definition) is 1. The van der Waals surface area contributed by atoms with Gasteiger partial charge in [0.05, 0.1) is 12.5 Å². The fraction of sp³-hybridized carbons (Fsp3) is 0.455. The average molecular weight is 470 g/mol. The molecule has 2 unspecified atom stereocenters. The lowest BCUT2D eigenvalue weighted by Gasteiger charge is -2.43. The molecule has 0 spiro atoms. The van der Waals surface area contributed by atoms with Crippen molar-refractivity contribution in [2.24, 2.45) is 4.40 Å². The smallest absolute Gasteiger partial charge is 0.279 e. The first-order valence-electron chi connectivity index (χ1n) is 10.1. The van der Waals surface area contributed by atoms with Gasteiger partial charge in [-0.1, -0.05) is 18.9 Å². The normalized spacial score (nSPS) is 21.7. The van der Waals surface area contributed by atoms with E-state index in [2.05, 4.69) is 28.1 Å². The fourth-order valence-electron chi connectivity index (χ4n) is 3.33. The Kier molecular flexibility index (Phi) is 7.85. The van der Waals surface area contributed by atoms with E-state index in [4.69, 9.17) is 4.74 Å². The average Bonchev–Trinajstić information content (AvgIpc) is 2.72. The van der Waals surface area contributed by atoms with Gasteiger partial charge in [0.25, 0.3) is 11.8 Å². The van der Waals surface area contributed by atoms with Gasteiger partial charge in [-0.3, -0.25) is 9.69 Å². The Labute approximate surface area is 188 Å². The van der Waals surface area contributed by atoms with E-state index in [0.717, 1.165) is 24.1 Å². The number of amides is 1. The van der Waals surface area contributed by atoms with Gasteiger partial charge in [0.15, 0.2) is 11.6 Å². The molecule has 0 radical (unpaired) electrons. The second kappa shape index (κ2) is 10.4. The van der Waals surface area contributed by atoms with Crippen molar-refractivity contribution in [3.8, 4) is 17.6 Å². The first-order chi connectivity index (χ1) is 15.2. The zero-order valence-corrected chi connectivity index (χ0v) is 18.2. The lowest BCUT2D eigenvalue weighted by molar-refractivity contribution is -0.119. The number of rotatable bonds is 9. The Morgan fingerprint density at radius 1 is 1.41 bits per heavy atom. The Morgan fingerprint density at radius 3 is 2.78 bits per heavy atom. The maximum absolute atomic E-state index is 14.1. The Balaban J connectivity index is 1.65. The number of carbonyl (C=O) groups is 1. The highest BCUT2D eigenvalue weighted by Crippen LogP contribution is 2.28. The highest BCUT2D eigenvalue weighted by Gasteiger charge is 2.43. The van der Waals surface area contributed by atoms with Crippen LogP contribution >= 0.6 is 11.9 Å². The summed E-state index contributed by atoms with van der Waals surface area (Å²) in [5.41, 5.74) is 0.0625. The Morgan fingerprint density at radius 2 is 2.16 bits per heavy atom. The number of nitrogens with zero attached hydrogens (tertiary/aromatic N) is 2. The first-order valence-corrected chi connectivity index (χ1v) is 11.0. The summed E-state index contributed by atoms with van der Waals surface area (Å²) in [5.74, 6) is -0.0122. The van der Waals surface area contributed by atoms with E-state index in [-0.39, 0.29) is 24.0 Å². The molecule has 1 heterocycles. The van der Waals surface area contributed by atoms with Crippen LogP contribution in [0.3, 0.4) is 0 Å². The lowest BCUT2D eigenvalue weighted by Crippen LogP contribution is -2.61. The second-order valence-electron chi connectivity index (χ2n) is 7.37. The van der Waals surface area contributed by atoms with Crippen LogP contribution in [0.5, 0.6) is 5.75 Å². The summed E-state index contributed by atoms with van der Waals surface area (Å²) >= 11 is 1.14. The van der Waals surface area contributed by atoms with Gasteiger partial charge in [-0.2, -0.15) is 0 Å². The quantitative estimate of drug-likeness (QED) is 0.197. The summed E-state index contributed by atoms with van der Waals surface area (Å²) in [6.07, 6.45) is 0.456. The summed E-state index contributed by atoms with van der Waals surface area (Å²) in [7, 11) is 0. The van der Waals surface area contributed by atoms with Gasteiger partial charge in [0, 0.05) is 31.3 Å². The molecule has 32 heavy (non-hydrogen) atoms. The molecule has 3 rings (SSSR count). The third-order valence-corrected chi connectivity index (χ3v) is 5.65. The van der Waals surface area contributed by atoms with Crippen LogP contribution in [0.4, 0.5) is 17.6 Å². The van der Waals surface area contributed by atoms with E-state index in [1.54, 1.807) is 0 Å². The van der Waals surface area contributed by atoms with Crippen molar-refractivity contribution in [2.75, 3.05) is 18.8 Å². The van der Waals surface area contributed by atoms with Crippen LogP contribution in [-0.4, -0.2) is 59.5 Å². The highest BCUT2D eigenvalue weighted by atomic mass is 32.2. The summed E-state index contributed by atoms with van der Waals surface area (Å²) in [5, 5.41) is 2.38. The lowest BCUT2D eigenvalue weighted by atomic mass is 9.98. The number of alkyl halides is 2. The summed E-state index contributed by atoms with van der Waals surface area (Å²) in [4.78, 5) is 14.7. The molecule has 0 bridgehead atoms. The number of halogens is 4. The van der Waals surface area contributed by atoms with Gasteiger partial charge in [-0.05, 0) is 24.1 Å². The molecule has 1 aromatic carbocycles. The van der Waals surface area contributed by atoms with E-state index in [0.29, 0.717) is 18.8 Å². The molecule has 0 saturated carbocycles. The predicted octanol–water partition coefficient (Wildman–Crippen LogP) is 3.61. The molecule has 2 atom stereocenters. The van der Waals surface area contributed by atoms with E-state index in [1.807, 2.05) is 11.8 Å². The van der Waals surface area contributed by atoms with E-state index < -0.39 is 42.0 Å². The molecule has 10 heteroatoms. The Hall–Kier alpha value is -2.51. The maximum atomic E-state index is 14.1. The topological polar surface area (TPSA) is 53.9 Å². The van der Waals surface area contributed by atoms with E-state index >= 15 is 0 Å². The van der Waals surface area contributed by atoms with Crippen molar-refractivity contribution in [1.29, 1.82) is 0 Å². The van der Waals surface area contributed by atoms with Crippen LogP contribution in [0.2, 0.25) is 0 Å². The molecule has 1 aromatic rings. The third kappa shape index (κ3) is 5.64. The van der Waals surface area contributed by atoms with Gasteiger partial charge in [-0.25, -0.2) is 22.0 Å². The minimum absolute atomic E-state index is 0.0625. The summed E-state index contributed by atoms with van der Waals surface area (Å²) in [6, 6.07) is 1.27. The standard InChI is InChI=1S/C22H23F4N3O2S/c1-3-18(29-12-15(13-29)31-14-8-9-16(23)17(24)11-14)20(28-32-4-2)21(30)27-19-7-5-6-10-22(19,25)26/h3,8-9,11,15,18-19H,1,4,7,10,12-13H2,2H3,(H,27,30)/b28-20+. The number of benzene rings is 1. The Bertz CT molecular complexity index is 954. The molecular weight excluding hydrogens is 446 g/mol. The van der Waals surface area contributed by atoms with Crippen molar-refractivity contribution in [3.05, 3.63) is 42.5 Å². The van der Waals surface area contributed by atoms with Crippen LogP contribution in [0, 0.1) is 23.5 Å². The van der Waals surface area contributed by atoms with Crippen LogP contribution in [0.25, 0.3) is 0 Å². The number of hydrogen-bond acceptors (Lipinski definition) is 5. The second-order valence-corrected chi connectivity index (χ2v) is 8.38. The molecule has 1 saturated heterocycles. The van der Waals surface area contributed by atoms with Crippen molar-refractivity contribution >= 4 is 23.6 Å². The zero-order chi connectivity index (χ0) is 23.3. The van der Waals surface area contributed by atoms with Crippen molar-refractivity contribution < 1.29 is 27.1 Å². The number of carbonyl (C=O) groups excluding carboxylic acids is 1. The minimum atomic E-state index is -3.12. The fourth-order valence-corrected chi connectivity index (χ4v) is 3.79. The molecule has 5 nitrogen and oxygen atoms in total. The van der Waals surface area contributed by atoms with Crippen molar-refractivity contribution in [3.63, 3.8) is 0 Å². The van der Waals surface area contributed by atoms with Gasteiger partial charge in [0.2, 0.25) is 0 Å².